The van der Waals surface area contributed by atoms with Crippen LogP contribution < -0.4 is 5.32 Å². The van der Waals surface area contributed by atoms with E-state index in [-0.39, 0.29) is 24.7 Å². The topological polar surface area (TPSA) is 49.3 Å². The standard InChI is InChI=1S/C18H20FNO2S/c1-18(22,14-7-3-2-4-8-14)13-20-17(21)11-12-23-16-10-6-5-9-15(16)19/h2-10,22H,11-13H2,1H3,(H,20,21). The molecule has 0 aliphatic heterocycles. The summed E-state index contributed by atoms with van der Waals surface area (Å²) in [7, 11) is 0. The van der Waals surface area contributed by atoms with Crippen LogP contribution in [0, 0.1) is 5.82 Å². The summed E-state index contributed by atoms with van der Waals surface area (Å²) in [4.78, 5) is 12.4. The number of thioether (sulfide) groups is 1. The first-order valence-electron chi connectivity index (χ1n) is 7.41. The van der Waals surface area contributed by atoms with Crippen LogP contribution in [0.4, 0.5) is 4.39 Å². The van der Waals surface area contributed by atoms with Crippen molar-refractivity contribution in [3.05, 3.63) is 66.0 Å². The van der Waals surface area contributed by atoms with E-state index in [1.54, 1.807) is 25.1 Å². The van der Waals surface area contributed by atoms with Crippen LogP contribution in [0.5, 0.6) is 0 Å². The smallest absolute Gasteiger partial charge is 0.220 e. The van der Waals surface area contributed by atoms with Crippen molar-refractivity contribution in [1.82, 2.24) is 5.32 Å². The van der Waals surface area contributed by atoms with Crippen LogP contribution >= 0.6 is 11.8 Å². The predicted octanol–water partition coefficient (Wildman–Crippen LogP) is 3.33. The van der Waals surface area contributed by atoms with E-state index in [0.29, 0.717) is 10.6 Å². The van der Waals surface area contributed by atoms with Gasteiger partial charge < -0.3 is 10.4 Å². The number of amides is 1. The zero-order valence-corrected chi connectivity index (χ0v) is 13.8. The average Bonchev–Trinajstić information content (AvgIpc) is 2.56. The molecule has 0 aromatic heterocycles. The molecule has 122 valence electrons. The number of hydrogen-bond acceptors (Lipinski definition) is 3. The van der Waals surface area contributed by atoms with E-state index in [1.807, 2.05) is 30.3 Å². The summed E-state index contributed by atoms with van der Waals surface area (Å²) in [6, 6.07) is 15.7. The molecular weight excluding hydrogens is 313 g/mol. The molecule has 2 N–H and O–H groups in total. The SMILES string of the molecule is CC(O)(CNC(=O)CCSc1ccccc1F)c1ccccc1. The molecule has 3 nitrogen and oxygen atoms in total. The molecule has 1 unspecified atom stereocenters. The lowest BCUT2D eigenvalue weighted by atomic mass is 9.96. The average molecular weight is 333 g/mol. The van der Waals surface area contributed by atoms with Gasteiger partial charge >= 0.3 is 0 Å². The molecule has 0 aliphatic carbocycles. The minimum atomic E-state index is -1.12. The zero-order valence-electron chi connectivity index (χ0n) is 13.0. The van der Waals surface area contributed by atoms with Crippen molar-refractivity contribution in [2.45, 2.75) is 23.8 Å². The Balaban J connectivity index is 1.76. The molecule has 1 atom stereocenters. The zero-order chi connectivity index (χ0) is 16.7. The number of aliphatic hydroxyl groups is 1. The Labute approximate surface area is 139 Å². The van der Waals surface area contributed by atoms with Gasteiger partial charge in [0.2, 0.25) is 5.91 Å². The Morgan fingerprint density at radius 1 is 1.17 bits per heavy atom. The Bertz CT molecular complexity index is 646. The number of rotatable bonds is 7. The third kappa shape index (κ3) is 5.37. The lowest BCUT2D eigenvalue weighted by Crippen LogP contribution is -2.38. The number of nitrogens with one attached hydrogen (secondary N) is 1. The highest BCUT2D eigenvalue weighted by Crippen LogP contribution is 2.22. The van der Waals surface area contributed by atoms with Gasteiger partial charge in [0.1, 0.15) is 11.4 Å². The van der Waals surface area contributed by atoms with Gasteiger partial charge in [0.05, 0.1) is 6.54 Å². The molecule has 0 spiro atoms. The first kappa shape index (κ1) is 17.5. The van der Waals surface area contributed by atoms with Crippen LogP contribution in [0.2, 0.25) is 0 Å². The van der Waals surface area contributed by atoms with Gasteiger partial charge in [0.25, 0.3) is 0 Å². The highest BCUT2D eigenvalue weighted by molar-refractivity contribution is 7.99. The minimum absolute atomic E-state index is 0.139. The molecule has 0 radical (unpaired) electrons. The second-order valence-electron chi connectivity index (χ2n) is 5.45. The molecule has 23 heavy (non-hydrogen) atoms. The number of carbonyl (C=O) groups is 1. The lowest BCUT2D eigenvalue weighted by molar-refractivity contribution is -0.121. The van der Waals surface area contributed by atoms with E-state index in [1.165, 1.54) is 17.8 Å². The highest BCUT2D eigenvalue weighted by atomic mass is 32.2. The molecule has 0 aliphatic rings. The molecule has 1 amide bonds. The molecule has 2 aromatic rings. The van der Waals surface area contributed by atoms with Crippen molar-refractivity contribution in [3.63, 3.8) is 0 Å². The summed E-state index contributed by atoms with van der Waals surface area (Å²) < 4.78 is 13.5. The van der Waals surface area contributed by atoms with Gasteiger partial charge in [0, 0.05) is 17.1 Å². The quantitative estimate of drug-likeness (QED) is 0.764. The summed E-state index contributed by atoms with van der Waals surface area (Å²) in [5.41, 5.74) is -0.365. The third-order valence-electron chi connectivity index (χ3n) is 3.45. The third-order valence-corrected chi connectivity index (χ3v) is 4.50. The van der Waals surface area contributed by atoms with Gasteiger partial charge in [0.15, 0.2) is 0 Å². The Kier molecular flexibility index (Phi) is 6.19. The fraction of sp³-hybridized carbons (Fsp3) is 0.278. The van der Waals surface area contributed by atoms with Gasteiger partial charge in [-0.1, -0.05) is 42.5 Å². The van der Waals surface area contributed by atoms with Crippen molar-refractivity contribution in [1.29, 1.82) is 0 Å². The monoisotopic (exact) mass is 333 g/mol. The second kappa shape index (κ2) is 8.13. The molecule has 0 fully saturated rings. The largest absolute Gasteiger partial charge is 0.384 e. The second-order valence-corrected chi connectivity index (χ2v) is 6.58. The lowest BCUT2D eigenvalue weighted by Gasteiger charge is -2.24. The molecule has 0 bridgehead atoms. The van der Waals surface area contributed by atoms with E-state index >= 15 is 0 Å². The molecule has 2 rings (SSSR count). The summed E-state index contributed by atoms with van der Waals surface area (Å²) in [6.07, 6.45) is 0.268. The van der Waals surface area contributed by atoms with Gasteiger partial charge in [-0.3, -0.25) is 4.79 Å². The highest BCUT2D eigenvalue weighted by Gasteiger charge is 2.23. The first-order chi connectivity index (χ1) is 11.0. The summed E-state index contributed by atoms with van der Waals surface area (Å²) in [5.74, 6) is 0.0511. The van der Waals surface area contributed by atoms with Crippen LogP contribution in [0.25, 0.3) is 0 Å². The van der Waals surface area contributed by atoms with Crippen molar-refractivity contribution >= 4 is 17.7 Å². The molecule has 0 saturated carbocycles. The fourth-order valence-electron chi connectivity index (χ4n) is 2.07. The van der Waals surface area contributed by atoms with Gasteiger partial charge in [-0.05, 0) is 24.6 Å². The molecule has 2 aromatic carbocycles. The number of halogens is 1. The van der Waals surface area contributed by atoms with Crippen LogP contribution in [-0.2, 0) is 10.4 Å². The number of benzene rings is 2. The maximum absolute atomic E-state index is 13.5. The summed E-state index contributed by atoms with van der Waals surface area (Å²) in [6.45, 7) is 1.80. The van der Waals surface area contributed by atoms with Gasteiger partial charge in [-0.2, -0.15) is 0 Å². The Hall–Kier alpha value is -1.85. The minimum Gasteiger partial charge on any atom is -0.384 e. The van der Waals surface area contributed by atoms with Crippen LogP contribution in [0.3, 0.4) is 0 Å². The van der Waals surface area contributed by atoms with Crippen molar-refractivity contribution < 1.29 is 14.3 Å². The van der Waals surface area contributed by atoms with Crippen LogP contribution in [0.15, 0.2) is 59.5 Å². The summed E-state index contributed by atoms with van der Waals surface area (Å²) >= 11 is 1.31. The van der Waals surface area contributed by atoms with E-state index < -0.39 is 5.60 Å². The first-order valence-corrected chi connectivity index (χ1v) is 8.39. The summed E-state index contributed by atoms with van der Waals surface area (Å²) in [5, 5.41) is 13.1. The Morgan fingerprint density at radius 3 is 2.52 bits per heavy atom. The maximum Gasteiger partial charge on any atom is 0.220 e. The number of carbonyl (C=O) groups excluding carboxylic acids is 1. The van der Waals surface area contributed by atoms with Crippen LogP contribution in [0.1, 0.15) is 18.9 Å². The fourth-order valence-corrected chi connectivity index (χ4v) is 2.96. The maximum atomic E-state index is 13.5. The van der Waals surface area contributed by atoms with Crippen molar-refractivity contribution in [2.24, 2.45) is 0 Å². The van der Waals surface area contributed by atoms with E-state index in [0.717, 1.165) is 5.56 Å². The molecule has 0 heterocycles. The molecule has 5 heteroatoms. The number of hydrogen-bond donors (Lipinski definition) is 2. The van der Waals surface area contributed by atoms with E-state index in [9.17, 15) is 14.3 Å². The van der Waals surface area contributed by atoms with Gasteiger partial charge in [-0.25, -0.2) is 4.39 Å². The predicted molar refractivity (Wildman–Crippen MR) is 90.8 cm³/mol. The molecular formula is C18H20FNO2S. The van der Waals surface area contributed by atoms with E-state index in [4.69, 9.17) is 0 Å². The molecule has 0 saturated heterocycles. The van der Waals surface area contributed by atoms with Crippen LogP contribution in [-0.4, -0.2) is 23.3 Å². The van der Waals surface area contributed by atoms with Crippen molar-refractivity contribution in [2.75, 3.05) is 12.3 Å². The van der Waals surface area contributed by atoms with E-state index in [2.05, 4.69) is 5.32 Å². The van der Waals surface area contributed by atoms with Crippen molar-refractivity contribution in [3.8, 4) is 0 Å². The Morgan fingerprint density at radius 2 is 1.83 bits per heavy atom. The van der Waals surface area contributed by atoms with Gasteiger partial charge in [-0.15, -0.1) is 11.8 Å². The normalized spacial score (nSPS) is 13.3.